The Kier molecular flexibility index (Phi) is 5.37. The molecule has 2 atom stereocenters. The average molecular weight is 283 g/mol. The quantitative estimate of drug-likeness (QED) is 0.675. The van der Waals surface area contributed by atoms with E-state index in [0.717, 1.165) is 19.5 Å². The molecule has 1 saturated heterocycles. The van der Waals surface area contributed by atoms with Gasteiger partial charge >= 0.3 is 0 Å². The zero-order valence-electron chi connectivity index (χ0n) is 12.2. The Bertz CT molecular complexity index is 354. The minimum absolute atomic E-state index is 0.0954. The molecule has 2 amide bonds. The van der Waals surface area contributed by atoms with Crippen LogP contribution in [0.15, 0.2) is 0 Å². The fourth-order valence-electron chi connectivity index (χ4n) is 2.63. The van der Waals surface area contributed by atoms with Gasteiger partial charge in [-0.05, 0) is 12.3 Å². The van der Waals surface area contributed by atoms with Crippen LogP contribution in [0, 0.1) is 11.8 Å². The number of nitrogens with one attached hydrogen (secondary N) is 1. The molecule has 20 heavy (non-hydrogen) atoms. The topological polar surface area (TPSA) is 72.9 Å². The van der Waals surface area contributed by atoms with Crippen LogP contribution in [0.5, 0.6) is 0 Å². The Morgan fingerprint density at radius 1 is 1.25 bits per heavy atom. The molecule has 0 aromatic heterocycles. The van der Waals surface area contributed by atoms with E-state index in [1.807, 2.05) is 4.90 Å². The van der Waals surface area contributed by atoms with E-state index in [9.17, 15) is 9.59 Å². The smallest absolute Gasteiger partial charge is 0.224 e. The highest BCUT2D eigenvalue weighted by Gasteiger charge is 2.38. The first kappa shape index (κ1) is 15.3. The number of carbonyl (C=O) groups excluding carboxylic acids is 2. The lowest BCUT2D eigenvalue weighted by molar-refractivity contribution is -0.133. The zero-order valence-corrected chi connectivity index (χ0v) is 12.2. The number of rotatable bonds is 6. The van der Waals surface area contributed by atoms with Crippen molar-refractivity contribution in [1.82, 2.24) is 15.1 Å². The van der Waals surface area contributed by atoms with Crippen LogP contribution >= 0.6 is 0 Å². The van der Waals surface area contributed by atoms with E-state index in [0.29, 0.717) is 38.5 Å². The summed E-state index contributed by atoms with van der Waals surface area (Å²) in [5, 5.41) is 11.7. The molecule has 114 valence electrons. The van der Waals surface area contributed by atoms with E-state index < -0.39 is 0 Å². The molecule has 6 heteroatoms. The van der Waals surface area contributed by atoms with Crippen molar-refractivity contribution in [3.05, 3.63) is 0 Å². The number of amides is 2. The number of carbonyl (C=O) groups is 2. The molecule has 2 fully saturated rings. The SMILES string of the molecule is CC1CC1C(=O)NCCC(=O)N1CCN(CCO)CC1. The van der Waals surface area contributed by atoms with Gasteiger partial charge < -0.3 is 15.3 Å². The van der Waals surface area contributed by atoms with Crippen LogP contribution in [0.25, 0.3) is 0 Å². The lowest BCUT2D eigenvalue weighted by Crippen LogP contribution is -2.49. The summed E-state index contributed by atoms with van der Waals surface area (Å²) in [7, 11) is 0. The molecular formula is C14H25N3O3. The first-order valence-corrected chi connectivity index (χ1v) is 7.50. The molecular weight excluding hydrogens is 258 g/mol. The predicted octanol–water partition coefficient (Wildman–Crippen LogP) is -0.715. The van der Waals surface area contributed by atoms with Gasteiger partial charge in [0.05, 0.1) is 6.61 Å². The highest BCUT2D eigenvalue weighted by molar-refractivity contribution is 5.82. The molecule has 1 aliphatic heterocycles. The minimum atomic E-state index is 0.0954. The van der Waals surface area contributed by atoms with E-state index in [-0.39, 0.29) is 24.3 Å². The van der Waals surface area contributed by atoms with Gasteiger partial charge in [0.25, 0.3) is 0 Å². The summed E-state index contributed by atoms with van der Waals surface area (Å²) in [6.45, 7) is 6.42. The summed E-state index contributed by atoms with van der Waals surface area (Å²) in [5.74, 6) is 0.883. The van der Waals surface area contributed by atoms with Crippen molar-refractivity contribution >= 4 is 11.8 Å². The molecule has 2 N–H and O–H groups in total. The third kappa shape index (κ3) is 4.18. The van der Waals surface area contributed by atoms with Crippen LogP contribution in [0.2, 0.25) is 0 Å². The molecule has 6 nitrogen and oxygen atoms in total. The van der Waals surface area contributed by atoms with Crippen LogP contribution in [0.3, 0.4) is 0 Å². The molecule has 0 aromatic rings. The maximum absolute atomic E-state index is 12.0. The van der Waals surface area contributed by atoms with Crippen molar-refractivity contribution in [1.29, 1.82) is 0 Å². The molecule has 1 saturated carbocycles. The van der Waals surface area contributed by atoms with Gasteiger partial charge in [-0.3, -0.25) is 14.5 Å². The molecule has 0 bridgehead atoms. The van der Waals surface area contributed by atoms with Gasteiger partial charge in [0.2, 0.25) is 11.8 Å². The highest BCUT2D eigenvalue weighted by atomic mass is 16.3. The second-order valence-electron chi connectivity index (χ2n) is 5.81. The van der Waals surface area contributed by atoms with Crippen LogP contribution in [-0.2, 0) is 9.59 Å². The predicted molar refractivity (Wildman–Crippen MR) is 75.0 cm³/mol. The Labute approximate surface area is 120 Å². The zero-order chi connectivity index (χ0) is 14.5. The summed E-state index contributed by atoms with van der Waals surface area (Å²) in [6, 6.07) is 0. The fourth-order valence-corrected chi connectivity index (χ4v) is 2.63. The van der Waals surface area contributed by atoms with Crippen LogP contribution in [0.4, 0.5) is 0 Å². The van der Waals surface area contributed by atoms with Gasteiger partial charge in [0.1, 0.15) is 0 Å². The summed E-state index contributed by atoms with van der Waals surface area (Å²) in [5.41, 5.74) is 0. The van der Waals surface area contributed by atoms with Gasteiger partial charge in [-0.1, -0.05) is 6.92 Å². The largest absolute Gasteiger partial charge is 0.395 e. The second-order valence-corrected chi connectivity index (χ2v) is 5.81. The Morgan fingerprint density at radius 2 is 1.90 bits per heavy atom. The normalized spacial score (nSPS) is 26.4. The van der Waals surface area contributed by atoms with Gasteiger partial charge in [-0.25, -0.2) is 0 Å². The first-order chi connectivity index (χ1) is 9.61. The summed E-state index contributed by atoms with van der Waals surface area (Å²) >= 11 is 0. The highest BCUT2D eigenvalue weighted by Crippen LogP contribution is 2.37. The van der Waals surface area contributed by atoms with E-state index in [1.54, 1.807) is 0 Å². The first-order valence-electron chi connectivity index (χ1n) is 7.50. The number of β-amino-alcohol motifs (C(OH)–C–C–N with tert-alkyl or cyclic N) is 1. The summed E-state index contributed by atoms with van der Waals surface area (Å²) in [4.78, 5) is 27.6. The van der Waals surface area contributed by atoms with Gasteiger partial charge in [0.15, 0.2) is 0 Å². The van der Waals surface area contributed by atoms with Crippen molar-refractivity contribution in [2.45, 2.75) is 19.8 Å². The number of piperazine rings is 1. The molecule has 1 aliphatic carbocycles. The van der Waals surface area contributed by atoms with Crippen LogP contribution < -0.4 is 5.32 Å². The average Bonchev–Trinajstić information content (AvgIpc) is 3.17. The second kappa shape index (κ2) is 7.04. The third-order valence-corrected chi connectivity index (χ3v) is 4.23. The van der Waals surface area contributed by atoms with Crippen molar-refractivity contribution < 1.29 is 14.7 Å². The van der Waals surface area contributed by atoms with Crippen molar-refractivity contribution in [2.24, 2.45) is 11.8 Å². The Hall–Kier alpha value is -1.14. The molecule has 2 unspecified atom stereocenters. The number of nitrogens with zero attached hydrogens (tertiary/aromatic N) is 2. The fraction of sp³-hybridized carbons (Fsp3) is 0.857. The molecule has 0 aromatic carbocycles. The van der Waals surface area contributed by atoms with Crippen molar-refractivity contribution in [3.63, 3.8) is 0 Å². The lowest BCUT2D eigenvalue weighted by Gasteiger charge is -2.34. The van der Waals surface area contributed by atoms with Crippen molar-refractivity contribution in [2.75, 3.05) is 45.9 Å². The molecule has 2 rings (SSSR count). The van der Waals surface area contributed by atoms with Gasteiger partial charge in [-0.2, -0.15) is 0 Å². The van der Waals surface area contributed by atoms with E-state index >= 15 is 0 Å². The number of hydrogen-bond donors (Lipinski definition) is 2. The van der Waals surface area contributed by atoms with E-state index in [4.69, 9.17) is 5.11 Å². The van der Waals surface area contributed by atoms with E-state index in [2.05, 4.69) is 17.1 Å². The van der Waals surface area contributed by atoms with E-state index in [1.165, 1.54) is 0 Å². The third-order valence-electron chi connectivity index (χ3n) is 4.23. The lowest BCUT2D eigenvalue weighted by atomic mass is 10.2. The van der Waals surface area contributed by atoms with Crippen molar-refractivity contribution in [3.8, 4) is 0 Å². The number of aliphatic hydroxyl groups excluding tert-OH is 1. The Morgan fingerprint density at radius 3 is 2.45 bits per heavy atom. The Balaban J connectivity index is 1.59. The maximum Gasteiger partial charge on any atom is 0.224 e. The molecule has 0 spiro atoms. The molecule has 1 heterocycles. The molecule has 0 radical (unpaired) electrons. The minimum Gasteiger partial charge on any atom is -0.395 e. The standard InChI is InChI=1S/C14H25N3O3/c1-11-10-12(11)14(20)15-3-2-13(19)17-6-4-16(5-7-17)8-9-18/h11-12,18H,2-10H2,1H3,(H,15,20). The maximum atomic E-state index is 12.0. The summed E-state index contributed by atoms with van der Waals surface area (Å²) < 4.78 is 0. The number of hydrogen-bond acceptors (Lipinski definition) is 4. The number of aliphatic hydroxyl groups is 1. The van der Waals surface area contributed by atoms with Crippen LogP contribution in [0.1, 0.15) is 19.8 Å². The van der Waals surface area contributed by atoms with Gasteiger partial charge in [-0.15, -0.1) is 0 Å². The van der Waals surface area contributed by atoms with Gasteiger partial charge in [0, 0.05) is 51.6 Å². The van der Waals surface area contributed by atoms with Crippen LogP contribution in [-0.4, -0.2) is 72.6 Å². The monoisotopic (exact) mass is 283 g/mol. The summed E-state index contributed by atoms with van der Waals surface area (Å²) in [6.07, 6.45) is 1.36. The molecule has 2 aliphatic rings.